The molecule has 2 aliphatic rings. The second-order valence-corrected chi connectivity index (χ2v) is 6.24. The van der Waals surface area contributed by atoms with Gasteiger partial charge in [-0.2, -0.15) is 0 Å². The number of hydrogen-bond donors (Lipinski definition) is 1. The number of nitrogens with zero attached hydrogens (tertiary/aromatic N) is 3. The first kappa shape index (κ1) is 14.4. The summed E-state index contributed by atoms with van der Waals surface area (Å²) < 4.78 is 0.392. The smallest absolute Gasteiger partial charge is 0.266 e. The van der Waals surface area contributed by atoms with Crippen LogP contribution in [0.2, 0.25) is 0 Å². The van der Waals surface area contributed by atoms with Crippen LogP contribution in [0.1, 0.15) is 0 Å². The molecule has 19 heavy (non-hydrogen) atoms. The van der Waals surface area contributed by atoms with Gasteiger partial charge in [0.15, 0.2) is 0 Å². The Kier molecular flexibility index (Phi) is 4.56. The van der Waals surface area contributed by atoms with Gasteiger partial charge >= 0.3 is 0 Å². The lowest BCUT2D eigenvalue weighted by Gasteiger charge is -2.32. The largest absolute Gasteiger partial charge is 0.304 e. The van der Waals surface area contributed by atoms with Crippen molar-refractivity contribution in [1.82, 2.24) is 20.2 Å². The lowest BCUT2D eigenvalue weighted by atomic mass is 10.4. The Bertz CT molecular complexity index is 432. The molecule has 0 atom stereocenters. The molecule has 104 valence electrons. The molecular formula is C11H16N4O2S2. The summed E-state index contributed by atoms with van der Waals surface area (Å²) in [5, 5.41) is 1.87. The molecule has 2 amide bonds. The Balaban J connectivity index is 1.83. The molecule has 2 rings (SSSR count). The van der Waals surface area contributed by atoms with Crippen LogP contribution in [-0.4, -0.2) is 70.7 Å². The predicted octanol–water partition coefficient (Wildman–Crippen LogP) is -0.361. The molecule has 2 saturated heterocycles. The molecule has 0 aromatic rings. The van der Waals surface area contributed by atoms with E-state index < -0.39 is 0 Å². The first-order valence-corrected chi connectivity index (χ1v) is 7.15. The monoisotopic (exact) mass is 300 g/mol. The van der Waals surface area contributed by atoms with Gasteiger partial charge < -0.3 is 4.90 Å². The van der Waals surface area contributed by atoms with Gasteiger partial charge in [0, 0.05) is 26.2 Å². The van der Waals surface area contributed by atoms with Gasteiger partial charge in [-0.3, -0.25) is 19.9 Å². The summed E-state index contributed by atoms with van der Waals surface area (Å²) in [6.07, 6.45) is 0. The third kappa shape index (κ3) is 3.53. The normalized spacial score (nSPS) is 22.2. The lowest BCUT2D eigenvalue weighted by molar-refractivity contribution is -0.132. The highest BCUT2D eigenvalue weighted by atomic mass is 32.2. The van der Waals surface area contributed by atoms with Crippen LogP contribution >= 0.6 is 24.0 Å². The maximum atomic E-state index is 11.9. The molecule has 2 aliphatic heterocycles. The van der Waals surface area contributed by atoms with Crippen LogP contribution in [0.25, 0.3) is 0 Å². The Morgan fingerprint density at radius 3 is 2.58 bits per heavy atom. The molecule has 1 N–H and O–H groups in total. The third-order valence-corrected chi connectivity index (χ3v) is 4.29. The van der Waals surface area contributed by atoms with E-state index in [1.54, 1.807) is 0 Å². The van der Waals surface area contributed by atoms with E-state index in [2.05, 4.69) is 16.9 Å². The van der Waals surface area contributed by atoms with E-state index in [0.717, 1.165) is 37.9 Å². The van der Waals surface area contributed by atoms with E-state index in [0.29, 0.717) is 9.23 Å². The third-order valence-electron chi connectivity index (χ3n) is 3.00. The summed E-state index contributed by atoms with van der Waals surface area (Å²) in [5.41, 5.74) is 2.80. The molecule has 2 heterocycles. The Morgan fingerprint density at radius 1 is 1.42 bits per heavy atom. The molecular weight excluding hydrogens is 284 g/mol. The second kappa shape index (κ2) is 6.00. The van der Waals surface area contributed by atoms with E-state index in [1.807, 2.05) is 12.1 Å². The predicted molar refractivity (Wildman–Crippen MR) is 78.3 cm³/mol. The van der Waals surface area contributed by atoms with E-state index >= 15 is 0 Å². The number of nitrogens with one attached hydrogen (secondary N) is 1. The van der Waals surface area contributed by atoms with Crippen molar-refractivity contribution < 1.29 is 9.59 Å². The minimum Gasteiger partial charge on any atom is -0.304 e. The standard InChI is InChI=1S/C11H16N4O2S2/c1-8-10(17)15(11(18)19-8)7-9(16)12-14-5-3-13(2)4-6-14/h1,3-7H2,2H3,(H,12,16). The maximum Gasteiger partial charge on any atom is 0.266 e. The van der Waals surface area contributed by atoms with E-state index in [1.165, 1.54) is 4.90 Å². The summed E-state index contributed by atoms with van der Waals surface area (Å²) in [5.74, 6) is -0.501. The number of likely N-dealkylation sites (N-methyl/N-ethyl adjacent to an activating group) is 1. The quantitative estimate of drug-likeness (QED) is 0.567. The molecule has 0 bridgehead atoms. The van der Waals surface area contributed by atoms with Crippen LogP contribution in [0.3, 0.4) is 0 Å². The van der Waals surface area contributed by atoms with Crippen LogP contribution in [0.5, 0.6) is 0 Å². The molecule has 6 nitrogen and oxygen atoms in total. The molecule has 0 radical (unpaired) electrons. The number of hydrazine groups is 1. The van der Waals surface area contributed by atoms with Gasteiger partial charge in [0.05, 0.1) is 4.91 Å². The van der Waals surface area contributed by atoms with Crippen LogP contribution in [0.4, 0.5) is 0 Å². The molecule has 0 unspecified atom stereocenters. The van der Waals surface area contributed by atoms with Crippen molar-refractivity contribution >= 4 is 40.1 Å². The minimum absolute atomic E-state index is 0.0456. The summed E-state index contributed by atoms with van der Waals surface area (Å²) >= 11 is 6.18. The molecule has 0 aromatic heterocycles. The van der Waals surface area contributed by atoms with Crippen molar-refractivity contribution in [2.75, 3.05) is 39.8 Å². The number of thioether (sulfide) groups is 1. The maximum absolute atomic E-state index is 11.9. The van der Waals surface area contributed by atoms with Crippen molar-refractivity contribution in [3.05, 3.63) is 11.5 Å². The molecule has 2 fully saturated rings. The van der Waals surface area contributed by atoms with Gasteiger partial charge in [-0.1, -0.05) is 30.6 Å². The van der Waals surface area contributed by atoms with Crippen molar-refractivity contribution in [2.45, 2.75) is 0 Å². The van der Waals surface area contributed by atoms with E-state index in [-0.39, 0.29) is 18.4 Å². The molecule has 8 heteroatoms. The van der Waals surface area contributed by atoms with Crippen molar-refractivity contribution in [3.8, 4) is 0 Å². The highest BCUT2D eigenvalue weighted by Crippen LogP contribution is 2.28. The number of hydrogen-bond acceptors (Lipinski definition) is 6. The van der Waals surface area contributed by atoms with Crippen LogP contribution in [0, 0.1) is 0 Å². The zero-order chi connectivity index (χ0) is 14.0. The molecule has 0 aliphatic carbocycles. The number of amides is 2. The lowest BCUT2D eigenvalue weighted by Crippen LogP contribution is -2.54. The zero-order valence-corrected chi connectivity index (χ0v) is 12.4. The fraction of sp³-hybridized carbons (Fsp3) is 0.545. The van der Waals surface area contributed by atoms with Crippen LogP contribution in [-0.2, 0) is 9.59 Å². The number of carbonyl (C=O) groups is 2. The molecule has 0 aromatic carbocycles. The first-order valence-electron chi connectivity index (χ1n) is 5.93. The van der Waals surface area contributed by atoms with Crippen molar-refractivity contribution in [2.24, 2.45) is 0 Å². The molecule has 0 spiro atoms. The Morgan fingerprint density at radius 2 is 2.05 bits per heavy atom. The Labute approximate surface area is 121 Å². The number of carbonyl (C=O) groups excluding carboxylic acids is 2. The fourth-order valence-corrected chi connectivity index (χ4v) is 2.96. The average Bonchev–Trinajstić information content (AvgIpc) is 2.59. The van der Waals surface area contributed by atoms with Gasteiger partial charge in [-0.15, -0.1) is 0 Å². The van der Waals surface area contributed by atoms with Crippen LogP contribution in [0.15, 0.2) is 11.5 Å². The summed E-state index contributed by atoms with van der Waals surface area (Å²) in [6.45, 7) is 6.94. The summed E-state index contributed by atoms with van der Waals surface area (Å²) in [4.78, 5) is 27.4. The topological polar surface area (TPSA) is 55.9 Å². The second-order valence-electron chi connectivity index (χ2n) is 4.51. The van der Waals surface area contributed by atoms with Gasteiger partial charge in [0.1, 0.15) is 10.9 Å². The number of rotatable bonds is 3. The number of piperazine rings is 1. The van der Waals surface area contributed by atoms with Gasteiger partial charge in [-0.25, -0.2) is 5.01 Å². The van der Waals surface area contributed by atoms with Gasteiger partial charge in [-0.05, 0) is 7.05 Å². The van der Waals surface area contributed by atoms with Crippen molar-refractivity contribution in [1.29, 1.82) is 0 Å². The van der Waals surface area contributed by atoms with Gasteiger partial charge in [0.25, 0.3) is 11.8 Å². The fourth-order valence-electron chi connectivity index (χ4n) is 1.85. The zero-order valence-electron chi connectivity index (χ0n) is 10.7. The molecule has 0 saturated carbocycles. The summed E-state index contributed by atoms with van der Waals surface area (Å²) in [7, 11) is 2.04. The summed E-state index contributed by atoms with van der Waals surface area (Å²) in [6, 6.07) is 0. The average molecular weight is 300 g/mol. The highest BCUT2D eigenvalue weighted by molar-refractivity contribution is 8.26. The highest BCUT2D eigenvalue weighted by Gasteiger charge is 2.32. The SMILES string of the molecule is C=C1SC(=S)N(CC(=O)NN2CCN(C)CC2)C1=O. The van der Waals surface area contributed by atoms with Crippen molar-refractivity contribution in [3.63, 3.8) is 0 Å². The van der Waals surface area contributed by atoms with E-state index in [9.17, 15) is 9.59 Å². The first-order chi connectivity index (χ1) is 8.97. The van der Waals surface area contributed by atoms with Gasteiger partial charge in [0.2, 0.25) is 0 Å². The minimum atomic E-state index is -0.275. The van der Waals surface area contributed by atoms with E-state index in [4.69, 9.17) is 12.2 Å². The number of thiocarbonyl (C=S) groups is 1. The Hall–Kier alpha value is -0.960. The van der Waals surface area contributed by atoms with Crippen LogP contribution < -0.4 is 5.43 Å².